The zero-order chi connectivity index (χ0) is 13.1. The first-order valence-electron chi connectivity index (χ1n) is 5.17. The second kappa shape index (κ2) is 5.29. The third-order valence-electron chi connectivity index (χ3n) is 2.36. The van der Waals surface area contributed by atoms with Crippen molar-refractivity contribution in [2.45, 2.75) is 6.54 Å². The van der Waals surface area contributed by atoms with Gasteiger partial charge in [0.25, 0.3) is 0 Å². The first kappa shape index (κ1) is 12.7. The summed E-state index contributed by atoms with van der Waals surface area (Å²) < 4.78 is 0.711. The summed E-state index contributed by atoms with van der Waals surface area (Å²) in [6.45, 7) is 0.529. The lowest BCUT2D eigenvalue weighted by molar-refractivity contribution is 0.0698. The standard InChI is InChI=1S/C12H11ClN2O2S/c13-11-4-2-8(18-11)6-15-10-3-1-7(14)5-9(10)12(16)17/h1-5,15H,6,14H2,(H,16,17). The van der Waals surface area contributed by atoms with Crippen molar-refractivity contribution in [3.63, 3.8) is 0 Å². The molecule has 0 bridgehead atoms. The van der Waals surface area contributed by atoms with Crippen LogP contribution in [0.4, 0.5) is 11.4 Å². The average Bonchev–Trinajstić information content (AvgIpc) is 2.73. The molecule has 2 aromatic rings. The molecule has 1 aromatic heterocycles. The van der Waals surface area contributed by atoms with Gasteiger partial charge < -0.3 is 16.2 Å². The van der Waals surface area contributed by atoms with Gasteiger partial charge in [-0.25, -0.2) is 4.79 Å². The molecule has 18 heavy (non-hydrogen) atoms. The summed E-state index contributed by atoms with van der Waals surface area (Å²) in [7, 11) is 0. The van der Waals surface area contributed by atoms with E-state index in [0.717, 1.165) is 4.88 Å². The molecule has 2 rings (SSSR count). The maximum Gasteiger partial charge on any atom is 0.337 e. The molecule has 0 unspecified atom stereocenters. The van der Waals surface area contributed by atoms with E-state index in [2.05, 4.69) is 5.32 Å². The minimum Gasteiger partial charge on any atom is -0.478 e. The number of thiophene rings is 1. The Morgan fingerprint density at radius 3 is 2.78 bits per heavy atom. The summed E-state index contributed by atoms with van der Waals surface area (Å²) in [4.78, 5) is 12.1. The summed E-state index contributed by atoms with van der Waals surface area (Å²) in [5, 5.41) is 12.1. The van der Waals surface area contributed by atoms with Gasteiger partial charge in [-0.2, -0.15) is 0 Å². The highest BCUT2D eigenvalue weighted by Crippen LogP contribution is 2.24. The highest BCUT2D eigenvalue weighted by atomic mass is 35.5. The van der Waals surface area contributed by atoms with Crippen molar-refractivity contribution in [1.29, 1.82) is 0 Å². The van der Waals surface area contributed by atoms with Crippen LogP contribution in [-0.2, 0) is 6.54 Å². The molecule has 94 valence electrons. The fourth-order valence-electron chi connectivity index (χ4n) is 1.52. The molecule has 0 aliphatic rings. The van der Waals surface area contributed by atoms with E-state index in [0.29, 0.717) is 22.3 Å². The summed E-state index contributed by atoms with van der Waals surface area (Å²) in [6.07, 6.45) is 0. The SMILES string of the molecule is Nc1ccc(NCc2ccc(Cl)s2)c(C(=O)O)c1. The predicted molar refractivity (Wildman–Crippen MR) is 74.5 cm³/mol. The van der Waals surface area contributed by atoms with E-state index in [1.807, 2.05) is 12.1 Å². The van der Waals surface area contributed by atoms with Gasteiger partial charge in [0.05, 0.1) is 9.90 Å². The Hall–Kier alpha value is -1.72. The highest BCUT2D eigenvalue weighted by Gasteiger charge is 2.10. The number of halogens is 1. The van der Waals surface area contributed by atoms with Crippen molar-refractivity contribution < 1.29 is 9.90 Å². The lowest BCUT2D eigenvalue weighted by Gasteiger charge is -2.09. The lowest BCUT2D eigenvalue weighted by Crippen LogP contribution is -2.06. The van der Waals surface area contributed by atoms with Crippen LogP contribution in [0.2, 0.25) is 4.34 Å². The van der Waals surface area contributed by atoms with Crippen LogP contribution in [-0.4, -0.2) is 11.1 Å². The number of hydrogen-bond donors (Lipinski definition) is 3. The zero-order valence-electron chi connectivity index (χ0n) is 9.31. The Morgan fingerprint density at radius 1 is 1.39 bits per heavy atom. The molecule has 0 aliphatic heterocycles. The Balaban J connectivity index is 2.16. The van der Waals surface area contributed by atoms with E-state index in [9.17, 15) is 4.79 Å². The van der Waals surface area contributed by atoms with Crippen LogP contribution in [0.1, 0.15) is 15.2 Å². The smallest absolute Gasteiger partial charge is 0.337 e. The third kappa shape index (κ3) is 2.94. The number of nitrogens with one attached hydrogen (secondary N) is 1. The molecule has 0 aliphatic carbocycles. The van der Waals surface area contributed by atoms with Gasteiger partial charge in [-0.3, -0.25) is 0 Å². The van der Waals surface area contributed by atoms with E-state index in [1.165, 1.54) is 17.4 Å². The van der Waals surface area contributed by atoms with Gasteiger partial charge in [-0.05, 0) is 30.3 Å². The number of anilines is 2. The number of carboxylic acid groups (broad SMARTS) is 1. The Bertz CT molecular complexity index is 583. The van der Waals surface area contributed by atoms with Gasteiger partial charge in [0.15, 0.2) is 0 Å². The number of carboxylic acids is 1. The van der Waals surface area contributed by atoms with Crippen LogP contribution >= 0.6 is 22.9 Å². The molecular weight excluding hydrogens is 272 g/mol. The fourth-order valence-corrected chi connectivity index (χ4v) is 2.55. The van der Waals surface area contributed by atoms with Gasteiger partial charge in [-0.15, -0.1) is 11.3 Å². The molecule has 1 heterocycles. The molecule has 0 atom stereocenters. The molecule has 0 saturated heterocycles. The Morgan fingerprint density at radius 2 is 2.17 bits per heavy atom. The van der Waals surface area contributed by atoms with E-state index >= 15 is 0 Å². The van der Waals surface area contributed by atoms with Crippen molar-refractivity contribution >= 4 is 40.3 Å². The van der Waals surface area contributed by atoms with Crippen LogP contribution < -0.4 is 11.1 Å². The second-order valence-corrected chi connectivity index (χ2v) is 5.47. The zero-order valence-corrected chi connectivity index (χ0v) is 10.9. The molecule has 0 fully saturated rings. The average molecular weight is 283 g/mol. The van der Waals surface area contributed by atoms with Crippen molar-refractivity contribution in [3.05, 3.63) is 45.1 Å². The van der Waals surface area contributed by atoms with Crippen LogP contribution in [0.5, 0.6) is 0 Å². The maximum absolute atomic E-state index is 11.1. The number of rotatable bonds is 4. The van der Waals surface area contributed by atoms with E-state index in [-0.39, 0.29) is 5.56 Å². The molecule has 6 heteroatoms. The Labute approximate surface area is 113 Å². The van der Waals surface area contributed by atoms with Crippen LogP contribution in [0, 0.1) is 0 Å². The molecule has 4 N–H and O–H groups in total. The molecular formula is C12H11ClN2O2S. The van der Waals surface area contributed by atoms with Gasteiger partial charge in [-0.1, -0.05) is 11.6 Å². The van der Waals surface area contributed by atoms with E-state index in [1.54, 1.807) is 12.1 Å². The van der Waals surface area contributed by atoms with Crippen molar-refractivity contribution in [1.82, 2.24) is 0 Å². The maximum atomic E-state index is 11.1. The molecule has 0 radical (unpaired) electrons. The number of nitrogen functional groups attached to an aromatic ring is 1. The quantitative estimate of drug-likeness (QED) is 0.752. The van der Waals surface area contributed by atoms with Gasteiger partial charge >= 0.3 is 5.97 Å². The molecule has 0 saturated carbocycles. The number of carbonyl (C=O) groups is 1. The minimum absolute atomic E-state index is 0.164. The van der Waals surface area contributed by atoms with Gasteiger partial charge in [0.1, 0.15) is 0 Å². The molecule has 0 spiro atoms. The van der Waals surface area contributed by atoms with Gasteiger partial charge in [0.2, 0.25) is 0 Å². The lowest BCUT2D eigenvalue weighted by atomic mass is 10.1. The van der Waals surface area contributed by atoms with Crippen molar-refractivity contribution in [3.8, 4) is 0 Å². The number of aromatic carboxylic acids is 1. The minimum atomic E-state index is -1.01. The molecule has 1 aromatic carbocycles. The number of hydrogen-bond acceptors (Lipinski definition) is 4. The number of nitrogens with two attached hydrogens (primary N) is 1. The topological polar surface area (TPSA) is 75.3 Å². The van der Waals surface area contributed by atoms with Crippen molar-refractivity contribution in [2.24, 2.45) is 0 Å². The largest absolute Gasteiger partial charge is 0.478 e. The normalized spacial score (nSPS) is 10.3. The van der Waals surface area contributed by atoms with Crippen LogP contribution in [0.3, 0.4) is 0 Å². The van der Waals surface area contributed by atoms with E-state index in [4.69, 9.17) is 22.4 Å². The summed E-state index contributed by atoms with van der Waals surface area (Å²) in [6, 6.07) is 8.47. The first-order valence-corrected chi connectivity index (χ1v) is 6.36. The van der Waals surface area contributed by atoms with Crippen molar-refractivity contribution in [2.75, 3.05) is 11.1 Å². The van der Waals surface area contributed by atoms with Crippen LogP contribution in [0.25, 0.3) is 0 Å². The van der Waals surface area contributed by atoms with Crippen LogP contribution in [0.15, 0.2) is 30.3 Å². The fraction of sp³-hybridized carbons (Fsp3) is 0.0833. The summed E-state index contributed by atoms with van der Waals surface area (Å²) >= 11 is 7.28. The monoisotopic (exact) mass is 282 g/mol. The summed E-state index contributed by atoms with van der Waals surface area (Å²) in [5.41, 5.74) is 6.70. The van der Waals surface area contributed by atoms with E-state index < -0.39 is 5.97 Å². The molecule has 4 nitrogen and oxygen atoms in total. The van der Waals surface area contributed by atoms with Gasteiger partial charge in [0, 0.05) is 22.8 Å². The third-order valence-corrected chi connectivity index (χ3v) is 3.59. The highest BCUT2D eigenvalue weighted by molar-refractivity contribution is 7.16. The second-order valence-electron chi connectivity index (χ2n) is 3.67. The first-order chi connectivity index (χ1) is 8.56. The number of benzene rings is 1. The molecule has 0 amide bonds. The summed E-state index contributed by atoms with van der Waals surface area (Å²) in [5.74, 6) is -1.01. The Kier molecular flexibility index (Phi) is 3.74. The predicted octanol–water partition coefficient (Wildman–Crippen LogP) is 3.29.